The summed E-state index contributed by atoms with van der Waals surface area (Å²) in [6.45, 7) is 6.12. The van der Waals surface area contributed by atoms with Gasteiger partial charge in [-0.3, -0.25) is 0 Å². The molecule has 0 N–H and O–H groups in total. The number of aryl methyl sites for hydroxylation is 2. The molecule has 26 heavy (non-hydrogen) atoms. The third-order valence-corrected chi connectivity index (χ3v) is 6.92. The molecule has 0 aromatic heterocycles. The Balaban J connectivity index is 1.62. The molecule has 1 aliphatic heterocycles. The normalized spacial score (nSPS) is 18.8. The van der Waals surface area contributed by atoms with Gasteiger partial charge in [0.25, 0.3) is 0 Å². The van der Waals surface area contributed by atoms with Gasteiger partial charge in [-0.05, 0) is 49.8 Å². The molecule has 0 spiro atoms. The number of nitrogens with zero attached hydrogens (tertiary/aromatic N) is 1. The van der Waals surface area contributed by atoms with E-state index in [1.54, 1.807) is 10.4 Å². The smallest absolute Gasteiger partial charge is 0.243 e. The Morgan fingerprint density at radius 2 is 1.88 bits per heavy atom. The van der Waals surface area contributed by atoms with E-state index in [-0.39, 0.29) is 5.92 Å². The summed E-state index contributed by atoms with van der Waals surface area (Å²) in [5, 5.41) is 0. The van der Waals surface area contributed by atoms with Crippen LogP contribution in [0.1, 0.15) is 29.5 Å². The molecule has 5 heteroatoms. The summed E-state index contributed by atoms with van der Waals surface area (Å²) in [6, 6.07) is 15.6. The van der Waals surface area contributed by atoms with E-state index in [9.17, 15) is 8.42 Å². The molecule has 1 atom stereocenters. The summed E-state index contributed by atoms with van der Waals surface area (Å²) in [7, 11) is -3.44. The van der Waals surface area contributed by atoms with Crippen molar-refractivity contribution in [2.75, 3.05) is 19.7 Å². The van der Waals surface area contributed by atoms with Crippen LogP contribution in [0.2, 0.25) is 0 Å². The van der Waals surface area contributed by atoms with Gasteiger partial charge in [-0.25, -0.2) is 8.42 Å². The molecule has 0 amide bonds. The van der Waals surface area contributed by atoms with Gasteiger partial charge in [0.2, 0.25) is 10.0 Å². The van der Waals surface area contributed by atoms with Crippen LogP contribution in [0.4, 0.5) is 0 Å². The molecule has 1 aliphatic rings. The topological polar surface area (TPSA) is 46.6 Å². The van der Waals surface area contributed by atoms with E-state index in [4.69, 9.17) is 4.74 Å². The van der Waals surface area contributed by atoms with Gasteiger partial charge in [0.1, 0.15) is 0 Å². The van der Waals surface area contributed by atoms with E-state index in [0.717, 1.165) is 29.5 Å². The van der Waals surface area contributed by atoms with Crippen molar-refractivity contribution in [3.8, 4) is 0 Å². The number of ether oxygens (including phenoxy) is 1. The first-order valence-electron chi connectivity index (χ1n) is 9.16. The molecule has 0 saturated carbocycles. The molecular formula is C21H27NO3S. The van der Waals surface area contributed by atoms with Crippen LogP contribution in [-0.2, 0) is 21.4 Å². The highest BCUT2D eigenvalue weighted by atomic mass is 32.2. The fourth-order valence-electron chi connectivity index (χ4n) is 3.53. The van der Waals surface area contributed by atoms with Crippen LogP contribution in [0.5, 0.6) is 0 Å². The Kier molecular flexibility index (Phi) is 6.12. The number of benzene rings is 2. The van der Waals surface area contributed by atoms with Gasteiger partial charge in [-0.1, -0.05) is 48.0 Å². The van der Waals surface area contributed by atoms with Gasteiger partial charge >= 0.3 is 0 Å². The third kappa shape index (κ3) is 4.53. The van der Waals surface area contributed by atoms with Gasteiger partial charge in [0.15, 0.2) is 0 Å². The summed E-state index contributed by atoms with van der Waals surface area (Å²) >= 11 is 0. The van der Waals surface area contributed by atoms with Crippen molar-refractivity contribution in [3.05, 3.63) is 65.2 Å². The van der Waals surface area contributed by atoms with Crippen molar-refractivity contribution in [3.63, 3.8) is 0 Å². The summed E-state index contributed by atoms with van der Waals surface area (Å²) in [6.07, 6.45) is 1.89. The van der Waals surface area contributed by atoms with Crippen LogP contribution in [0.3, 0.4) is 0 Å². The summed E-state index contributed by atoms with van der Waals surface area (Å²) in [5.74, 6) is 0.244. The van der Waals surface area contributed by atoms with E-state index in [0.29, 0.717) is 31.2 Å². The van der Waals surface area contributed by atoms with E-state index < -0.39 is 10.0 Å². The summed E-state index contributed by atoms with van der Waals surface area (Å²) in [5.41, 5.74) is 3.03. The molecule has 4 nitrogen and oxygen atoms in total. The Labute approximate surface area is 156 Å². The fourth-order valence-corrected chi connectivity index (χ4v) is 5.29. The minimum Gasteiger partial charge on any atom is -0.376 e. The van der Waals surface area contributed by atoms with Crippen molar-refractivity contribution in [2.24, 2.45) is 5.92 Å². The van der Waals surface area contributed by atoms with Crippen LogP contribution >= 0.6 is 0 Å². The fraction of sp³-hybridized carbons (Fsp3) is 0.429. The number of rotatable bonds is 6. The number of piperidine rings is 1. The van der Waals surface area contributed by atoms with Crippen LogP contribution in [0.15, 0.2) is 53.4 Å². The molecule has 2 aromatic rings. The molecule has 1 fully saturated rings. The monoisotopic (exact) mass is 373 g/mol. The minimum atomic E-state index is -3.44. The molecular weight excluding hydrogens is 346 g/mol. The molecule has 1 unspecified atom stereocenters. The van der Waals surface area contributed by atoms with Crippen LogP contribution in [0, 0.1) is 19.8 Å². The highest BCUT2D eigenvalue weighted by Crippen LogP contribution is 2.26. The lowest BCUT2D eigenvalue weighted by atomic mass is 10.0. The lowest BCUT2D eigenvalue weighted by Crippen LogP contribution is -2.41. The highest BCUT2D eigenvalue weighted by Gasteiger charge is 2.31. The Bertz CT molecular complexity index is 834. The molecule has 0 bridgehead atoms. The zero-order valence-corrected chi connectivity index (χ0v) is 16.3. The van der Waals surface area contributed by atoms with Crippen LogP contribution in [0.25, 0.3) is 0 Å². The minimum absolute atomic E-state index is 0.244. The highest BCUT2D eigenvalue weighted by molar-refractivity contribution is 7.89. The second-order valence-corrected chi connectivity index (χ2v) is 9.05. The van der Waals surface area contributed by atoms with E-state index in [1.165, 1.54) is 0 Å². The number of hydrogen-bond donors (Lipinski definition) is 0. The largest absolute Gasteiger partial charge is 0.376 e. The number of hydrogen-bond acceptors (Lipinski definition) is 3. The first-order valence-corrected chi connectivity index (χ1v) is 10.6. The molecule has 1 saturated heterocycles. The Morgan fingerprint density at radius 1 is 1.12 bits per heavy atom. The quantitative estimate of drug-likeness (QED) is 0.771. The van der Waals surface area contributed by atoms with Gasteiger partial charge in [-0.2, -0.15) is 4.31 Å². The summed E-state index contributed by atoms with van der Waals surface area (Å²) in [4.78, 5) is 0.425. The molecule has 140 valence electrons. The predicted octanol–water partition coefficient (Wildman–Crippen LogP) is 3.92. The zero-order chi connectivity index (χ0) is 18.6. The lowest BCUT2D eigenvalue weighted by molar-refractivity contribution is 0.0672. The Hall–Kier alpha value is -1.69. The summed E-state index contributed by atoms with van der Waals surface area (Å²) < 4.78 is 33.6. The molecule has 0 aliphatic carbocycles. The predicted molar refractivity (Wildman–Crippen MR) is 103 cm³/mol. The molecule has 3 rings (SSSR count). The van der Waals surface area contributed by atoms with Crippen molar-refractivity contribution in [1.29, 1.82) is 0 Å². The van der Waals surface area contributed by atoms with E-state index >= 15 is 0 Å². The standard InChI is InChI=1S/C21H27NO3S/c1-17-10-11-21(18(2)13-17)26(23,24)22-12-6-9-20(14-22)16-25-15-19-7-4-3-5-8-19/h3-5,7-8,10-11,13,20H,6,9,12,14-16H2,1-2H3. The first-order chi connectivity index (χ1) is 12.5. The number of sulfonamides is 1. The zero-order valence-electron chi connectivity index (χ0n) is 15.5. The maximum Gasteiger partial charge on any atom is 0.243 e. The molecule has 0 radical (unpaired) electrons. The molecule has 2 aromatic carbocycles. The average Bonchev–Trinajstić information content (AvgIpc) is 2.62. The van der Waals surface area contributed by atoms with Crippen molar-refractivity contribution < 1.29 is 13.2 Å². The second kappa shape index (κ2) is 8.33. The first kappa shape index (κ1) is 19.1. The lowest BCUT2D eigenvalue weighted by Gasteiger charge is -2.32. The Morgan fingerprint density at radius 3 is 2.62 bits per heavy atom. The van der Waals surface area contributed by atoms with Gasteiger partial charge in [0, 0.05) is 13.1 Å². The van der Waals surface area contributed by atoms with Crippen LogP contribution in [-0.4, -0.2) is 32.4 Å². The van der Waals surface area contributed by atoms with Crippen molar-refractivity contribution in [1.82, 2.24) is 4.31 Å². The van der Waals surface area contributed by atoms with Crippen molar-refractivity contribution in [2.45, 2.75) is 38.2 Å². The maximum absolute atomic E-state index is 13.0. The van der Waals surface area contributed by atoms with Gasteiger partial charge in [0.05, 0.1) is 18.1 Å². The van der Waals surface area contributed by atoms with Crippen LogP contribution < -0.4 is 0 Å². The second-order valence-electron chi connectivity index (χ2n) is 7.14. The third-order valence-electron chi connectivity index (χ3n) is 4.90. The van der Waals surface area contributed by atoms with E-state index in [1.807, 2.05) is 56.3 Å². The average molecular weight is 374 g/mol. The maximum atomic E-state index is 13.0. The van der Waals surface area contributed by atoms with E-state index in [2.05, 4.69) is 0 Å². The van der Waals surface area contributed by atoms with Crippen molar-refractivity contribution >= 4 is 10.0 Å². The molecule has 1 heterocycles. The SMILES string of the molecule is Cc1ccc(S(=O)(=O)N2CCCC(COCc3ccccc3)C2)c(C)c1. The van der Waals surface area contributed by atoms with Gasteiger partial charge in [-0.15, -0.1) is 0 Å². The van der Waals surface area contributed by atoms with Gasteiger partial charge < -0.3 is 4.74 Å².